The fraction of sp³-hybridized carbons (Fsp3) is 0.0625. The molecular formula is C16H12FN3O3S. The Balaban J connectivity index is 1.74. The van der Waals surface area contributed by atoms with Crippen LogP contribution in [0, 0.1) is 5.82 Å². The molecule has 0 bridgehead atoms. The molecule has 0 radical (unpaired) electrons. The lowest BCUT2D eigenvalue weighted by molar-refractivity contribution is 0.0863. The van der Waals surface area contributed by atoms with Crippen LogP contribution < -0.4 is 15.7 Å². The van der Waals surface area contributed by atoms with Crippen LogP contribution in [0.2, 0.25) is 0 Å². The Hall–Kier alpha value is -3.00. The highest BCUT2D eigenvalue weighted by Gasteiger charge is 2.14. The molecule has 0 aliphatic carbocycles. The lowest BCUT2D eigenvalue weighted by Crippen LogP contribution is -2.32. The number of aromatic nitrogens is 2. The van der Waals surface area contributed by atoms with E-state index >= 15 is 0 Å². The number of hydrogen-bond donors (Lipinski definition) is 1. The number of carbonyl (C=O) groups is 1. The van der Waals surface area contributed by atoms with Crippen molar-refractivity contribution in [3.63, 3.8) is 0 Å². The number of anilines is 1. The maximum atomic E-state index is 12.9. The summed E-state index contributed by atoms with van der Waals surface area (Å²) in [4.78, 5) is 33.8. The minimum atomic E-state index is -0.589. The van der Waals surface area contributed by atoms with Gasteiger partial charge in [0.05, 0.1) is 0 Å². The van der Waals surface area contributed by atoms with Crippen molar-refractivity contribution >= 4 is 22.4 Å². The first kappa shape index (κ1) is 15.9. The second-order valence-corrected chi connectivity index (χ2v) is 5.64. The molecule has 1 N–H and O–H groups in total. The van der Waals surface area contributed by atoms with Crippen molar-refractivity contribution in [2.75, 3.05) is 5.32 Å². The van der Waals surface area contributed by atoms with Gasteiger partial charge in [0.25, 0.3) is 11.5 Å². The van der Waals surface area contributed by atoms with Gasteiger partial charge in [0.2, 0.25) is 0 Å². The van der Waals surface area contributed by atoms with E-state index < -0.39 is 11.5 Å². The second kappa shape index (κ2) is 7.05. The highest BCUT2D eigenvalue weighted by Crippen LogP contribution is 2.11. The van der Waals surface area contributed by atoms with E-state index in [2.05, 4.69) is 10.3 Å². The Bertz CT molecular complexity index is 892. The lowest BCUT2D eigenvalue weighted by Gasteiger charge is -2.09. The molecule has 0 atom stereocenters. The van der Waals surface area contributed by atoms with Crippen LogP contribution in [0.1, 0.15) is 15.9 Å². The summed E-state index contributed by atoms with van der Waals surface area (Å²) in [6.07, 6.45) is 2.96. The molecule has 3 rings (SSSR count). The number of hydrogen-bond acceptors (Lipinski definition) is 5. The highest BCUT2D eigenvalue weighted by molar-refractivity contribution is 7.13. The minimum absolute atomic E-state index is 0.0631. The van der Waals surface area contributed by atoms with Crippen molar-refractivity contribution in [3.05, 3.63) is 81.5 Å². The molecule has 0 aliphatic rings. The third-order valence-corrected chi connectivity index (χ3v) is 3.78. The Kier molecular flexibility index (Phi) is 4.66. The number of pyridine rings is 1. The quantitative estimate of drug-likeness (QED) is 0.770. The number of halogens is 1. The number of nitrogens with zero attached hydrogens (tertiary/aromatic N) is 2. The molecule has 0 saturated heterocycles. The van der Waals surface area contributed by atoms with Gasteiger partial charge in [-0.25, -0.2) is 9.37 Å². The molecule has 8 heteroatoms. The SMILES string of the molecule is O=C(Nc1nccs1)c1cccn(OCc2ccc(F)cc2)c1=O. The molecule has 6 nitrogen and oxygen atoms in total. The third-order valence-electron chi connectivity index (χ3n) is 3.10. The Morgan fingerprint density at radius 1 is 1.29 bits per heavy atom. The monoisotopic (exact) mass is 345 g/mol. The molecule has 3 aromatic rings. The van der Waals surface area contributed by atoms with Crippen LogP contribution in [0.3, 0.4) is 0 Å². The van der Waals surface area contributed by atoms with Gasteiger partial charge in [0.1, 0.15) is 18.0 Å². The van der Waals surface area contributed by atoms with Gasteiger partial charge in [-0.1, -0.05) is 12.1 Å². The molecule has 1 amide bonds. The first-order valence-electron chi connectivity index (χ1n) is 6.94. The maximum absolute atomic E-state index is 12.9. The molecule has 24 heavy (non-hydrogen) atoms. The van der Waals surface area contributed by atoms with Gasteiger partial charge < -0.3 is 4.84 Å². The molecule has 2 aromatic heterocycles. The predicted octanol–water partition coefficient (Wildman–Crippen LogP) is 2.33. The summed E-state index contributed by atoms with van der Waals surface area (Å²) in [7, 11) is 0. The van der Waals surface area contributed by atoms with Crippen molar-refractivity contribution in [3.8, 4) is 0 Å². The molecule has 1 aromatic carbocycles. The summed E-state index contributed by atoms with van der Waals surface area (Å²) in [6.45, 7) is 0.0672. The van der Waals surface area contributed by atoms with E-state index in [1.54, 1.807) is 23.7 Å². The van der Waals surface area contributed by atoms with Gasteiger partial charge in [-0.2, -0.15) is 4.73 Å². The third kappa shape index (κ3) is 3.66. The van der Waals surface area contributed by atoms with Gasteiger partial charge in [0, 0.05) is 17.8 Å². The molecule has 0 aliphatic heterocycles. The summed E-state index contributed by atoms with van der Waals surface area (Å²) >= 11 is 1.25. The zero-order valence-corrected chi connectivity index (χ0v) is 13.1. The van der Waals surface area contributed by atoms with Crippen LogP contribution >= 0.6 is 11.3 Å². The summed E-state index contributed by atoms with van der Waals surface area (Å²) in [5.41, 5.74) is 0.0430. The van der Waals surface area contributed by atoms with Gasteiger partial charge in [-0.3, -0.25) is 14.9 Å². The zero-order valence-electron chi connectivity index (χ0n) is 12.3. The van der Waals surface area contributed by atoms with Crippen molar-refractivity contribution in [1.29, 1.82) is 0 Å². The lowest BCUT2D eigenvalue weighted by atomic mass is 10.2. The highest BCUT2D eigenvalue weighted by atomic mass is 32.1. The van der Waals surface area contributed by atoms with E-state index in [1.165, 1.54) is 41.8 Å². The summed E-state index contributed by atoms with van der Waals surface area (Å²) in [5, 5.41) is 4.66. The number of carbonyl (C=O) groups excluding carboxylic acids is 1. The average Bonchev–Trinajstić information content (AvgIpc) is 3.08. The van der Waals surface area contributed by atoms with E-state index in [1.807, 2.05) is 0 Å². The van der Waals surface area contributed by atoms with Crippen molar-refractivity contribution in [2.24, 2.45) is 0 Å². The fourth-order valence-electron chi connectivity index (χ4n) is 1.92. The predicted molar refractivity (Wildman–Crippen MR) is 87.5 cm³/mol. The Morgan fingerprint density at radius 2 is 2.08 bits per heavy atom. The van der Waals surface area contributed by atoms with Crippen molar-refractivity contribution in [2.45, 2.75) is 6.61 Å². The number of amides is 1. The van der Waals surface area contributed by atoms with E-state index in [0.717, 1.165) is 4.73 Å². The number of rotatable bonds is 5. The van der Waals surface area contributed by atoms with Crippen molar-refractivity contribution < 1.29 is 14.0 Å². The van der Waals surface area contributed by atoms with E-state index in [9.17, 15) is 14.0 Å². The van der Waals surface area contributed by atoms with Gasteiger partial charge in [-0.15, -0.1) is 11.3 Å². The van der Waals surface area contributed by atoms with Crippen molar-refractivity contribution in [1.82, 2.24) is 9.71 Å². The van der Waals surface area contributed by atoms with Crippen LogP contribution in [0.15, 0.2) is 59.0 Å². The van der Waals surface area contributed by atoms with Crippen LogP contribution in [0.4, 0.5) is 9.52 Å². The topological polar surface area (TPSA) is 73.2 Å². The Labute approximate surface area is 140 Å². The van der Waals surface area contributed by atoms with Crippen LogP contribution in [0.5, 0.6) is 0 Å². The minimum Gasteiger partial charge on any atom is -0.406 e. The summed E-state index contributed by atoms with van der Waals surface area (Å²) in [5.74, 6) is -0.911. The number of benzene rings is 1. The Morgan fingerprint density at radius 3 is 2.79 bits per heavy atom. The van der Waals surface area contributed by atoms with Gasteiger partial charge >= 0.3 is 0 Å². The molecule has 0 fully saturated rings. The fourth-order valence-corrected chi connectivity index (χ4v) is 2.45. The normalized spacial score (nSPS) is 10.4. The molecule has 0 spiro atoms. The molecule has 0 unspecified atom stereocenters. The molecule has 0 saturated carbocycles. The van der Waals surface area contributed by atoms with Gasteiger partial charge in [0.15, 0.2) is 5.13 Å². The smallest absolute Gasteiger partial charge is 0.295 e. The second-order valence-electron chi connectivity index (χ2n) is 4.74. The largest absolute Gasteiger partial charge is 0.406 e. The maximum Gasteiger partial charge on any atom is 0.295 e. The first-order chi connectivity index (χ1) is 11.6. The van der Waals surface area contributed by atoms with Gasteiger partial charge in [-0.05, 0) is 29.8 Å². The number of thiazole rings is 1. The molecular weight excluding hydrogens is 333 g/mol. The zero-order chi connectivity index (χ0) is 16.9. The van der Waals surface area contributed by atoms with E-state index in [0.29, 0.717) is 10.7 Å². The average molecular weight is 345 g/mol. The molecule has 122 valence electrons. The van der Waals surface area contributed by atoms with Crippen LogP contribution in [-0.2, 0) is 6.61 Å². The summed E-state index contributed by atoms with van der Waals surface area (Å²) in [6, 6.07) is 8.66. The van der Waals surface area contributed by atoms with Crippen LogP contribution in [-0.4, -0.2) is 15.6 Å². The number of nitrogens with one attached hydrogen (secondary N) is 1. The van der Waals surface area contributed by atoms with E-state index in [4.69, 9.17) is 4.84 Å². The van der Waals surface area contributed by atoms with Crippen LogP contribution in [0.25, 0.3) is 0 Å². The first-order valence-corrected chi connectivity index (χ1v) is 7.82. The standard InChI is InChI=1S/C16H12FN3O3S/c17-12-5-3-11(4-6-12)10-23-20-8-1-2-13(15(20)22)14(21)19-16-18-7-9-24-16/h1-9H,10H2,(H,18,19,21). The summed E-state index contributed by atoms with van der Waals surface area (Å²) < 4.78 is 13.8. The molecule has 2 heterocycles. The van der Waals surface area contributed by atoms with E-state index in [-0.39, 0.29) is 18.0 Å².